The summed E-state index contributed by atoms with van der Waals surface area (Å²) in [6.45, 7) is 0.435. The van der Waals surface area contributed by atoms with Crippen molar-refractivity contribution < 1.29 is 9.90 Å². The average molecular weight is 285 g/mol. The number of carbonyl (C=O) groups is 1. The Morgan fingerprint density at radius 1 is 1.15 bits per heavy atom. The predicted molar refractivity (Wildman–Crippen MR) is 78.6 cm³/mol. The van der Waals surface area contributed by atoms with Crippen molar-refractivity contribution in [2.75, 3.05) is 0 Å². The molecule has 0 aliphatic rings. The van der Waals surface area contributed by atoms with E-state index in [4.69, 9.17) is 5.11 Å². The summed E-state index contributed by atoms with van der Waals surface area (Å²) < 4.78 is 2.61. The second-order valence-corrected chi connectivity index (χ2v) is 5.40. The van der Waals surface area contributed by atoms with Crippen LogP contribution in [0.25, 0.3) is 10.1 Å². The Hall–Kier alpha value is -2.40. The summed E-state index contributed by atoms with van der Waals surface area (Å²) in [4.78, 5) is 23.0. The maximum absolute atomic E-state index is 12.2. The predicted octanol–water partition coefficient (Wildman–Crippen LogP) is 2.81. The van der Waals surface area contributed by atoms with E-state index in [0.29, 0.717) is 6.54 Å². The SMILES string of the molecule is O=C(O)c1ccc(Cn2ccc3sccc3c2=O)cc1. The lowest BCUT2D eigenvalue weighted by Gasteiger charge is -2.06. The largest absolute Gasteiger partial charge is 0.478 e. The van der Waals surface area contributed by atoms with Crippen LogP contribution in [-0.4, -0.2) is 15.6 Å². The normalized spacial score (nSPS) is 10.8. The van der Waals surface area contributed by atoms with Crippen LogP contribution in [0.5, 0.6) is 0 Å². The highest BCUT2D eigenvalue weighted by molar-refractivity contribution is 7.17. The number of aromatic nitrogens is 1. The van der Waals surface area contributed by atoms with Crippen molar-refractivity contribution in [3.63, 3.8) is 0 Å². The highest BCUT2D eigenvalue weighted by Crippen LogP contribution is 2.16. The minimum absolute atomic E-state index is 0.0222. The van der Waals surface area contributed by atoms with Gasteiger partial charge in [-0.1, -0.05) is 12.1 Å². The number of hydrogen-bond acceptors (Lipinski definition) is 3. The van der Waals surface area contributed by atoms with Crippen LogP contribution in [0, 0.1) is 0 Å². The van der Waals surface area contributed by atoms with Gasteiger partial charge in [0.2, 0.25) is 0 Å². The van der Waals surface area contributed by atoms with E-state index < -0.39 is 5.97 Å². The van der Waals surface area contributed by atoms with Gasteiger partial charge in [-0.2, -0.15) is 0 Å². The first-order valence-electron chi connectivity index (χ1n) is 6.04. The van der Waals surface area contributed by atoms with Gasteiger partial charge in [0.05, 0.1) is 17.5 Å². The number of rotatable bonds is 3. The number of pyridine rings is 1. The van der Waals surface area contributed by atoms with Crippen molar-refractivity contribution in [3.05, 3.63) is 69.5 Å². The van der Waals surface area contributed by atoms with Crippen molar-refractivity contribution in [1.82, 2.24) is 4.57 Å². The molecule has 0 radical (unpaired) electrons. The topological polar surface area (TPSA) is 59.3 Å². The van der Waals surface area contributed by atoms with E-state index in [9.17, 15) is 9.59 Å². The molecule has 100 valence electrons. The molecule has 0 unspecified atom stereocenters. The molecule has 0 amide bonds. The molecule has 1 N–H and O–H groups in total. The molecule has 2 aromatic heterocycles. The first-order valence-corrected chi connectivity index (χ1v) is 6.92. The molecular weight excluding hydrogens is 274 g/mol. The fourth-order valence-corrected chi connectivity index (χ4v) is 2.85. The Bertz CT molecular complexity index is 830. The van der Waals surface area contributed by atoms with Gasteiger partial charge >= 0.3 is 5.97 Å². The van der Waals surface area contributed by atoms with Gasteiger partial charge in [-0.05, 0) is 35.2 Å². The molecule has 20 heavy (non-hydrogen) atoms. The second kappa shape index (κ2) is 4.94. The van der Waals surface area contributed by atoms with Gasteiger partial charge in [0.25, 0.3) is 5.56 Å². The molecule has 5 heteroatoms. The lowest BCUT2D eigenvalue weighted by atomic mass is 10.1. The number of hydrogen-bond donors (Lipinski definition) is 1. The molecule has 0 aliphatic carbocycles. The van der Waals surface area contributed by atoms with Gasteiger partial charge in [-0.3, -0.25) is 4.79 Å². The fourth-order valence-electron chi connectivity index (χ4n) is 2.08. The molecule has 0 saturated heterocycles. The third-order valence-electron chi connectivity index (χ3n) is 3.15. The molecule has 0 fully saturated rings. The van der Waals surface area contributed by atoms with Gasteiger partial charge in [0.15, 0.2) is 0 Å². The number of nitrogens with zero attached hydrogens (tertiary/aromatic N) is 1. The third kappa shape index (κ3) is 2.23. The lowest BCUT2D eigenvalue weighted by molar-refractivity contribution is 0.0697. The van der Waals surface area contributed by atoms with Gasteiger partial charge < -0.3 is 9.67 Å². The summed E-state index contributed by atoms with van der Waals surface area (Å²) in [6, 6.07) is 10.3. The van der Waals surface area contributed by atoms with Gasteiger partial charge in [-0.15, -0.1) is 11.3 Å². The Labute approximate surface area is 118 Å². The number of carboxylic acid groups (broad SMARTS) is 1. The van der Waals surface area contributed by atoms with Crippen LogP contribution >= 0.6 is 11.3 Å². The maximum atomic E-state index is 12.2. The smallest absolute Gasteiger partial charge is 0.335 e. The van der Waals surface area contributed by atoms with Crippen LogP contribution in [0.4, 0.5) is 0 Å². The van der Waals surface area contributed by atoms with Crippen LogP contribution in [0.1, 0.15) is 15.9 Å². The first-order chi connectivity index (χ1) is 9.65. The quantitative estimate of drug-likeness (QED) is 0.805. The number of benzene rings is 1. The molecule has 1 aromatic carbocycles. The fraction of sp³-hybridized carbons (Fsp3) is 0.0667. The zero-order chi connectivity index (χ0) is 14.1. The Morgan fingerprint density at radius 2 is 1.90 bits per heavy atom. The summed E-state index contributed by atoms with van der Waals surface area (Å²) >= 11 is 1.54. The van der Waals surface area contributed by atoms with Crippen LogP contribution in [0.2, 0.25) is 0 Å². The Kier molecular flexibility index (Phi) is 3.12. The molecule has 0 atom stereocenters. The minimum atomic E-state index is -0.951. The Morgan fingerprint density at radius 3 is 2.60 bits per heavy atom. The zero-order valence-corrected chi connectivity index (χ0v) is 11.3. The monoisotopic (exact) mass is 285 g/mol. The van der Waals surface area contributed by atoms with E-state index in [1.54, 1.807) is 46.4 Å². The number of thiophene rings is 1. The summed E-state index contributed by atoms with van der Waals surface area (Å²) in [5.74, 6) is -0.951. The molecule has 3 rings (SSSR count). The lowest BCUT2D eigenvalue weighted by Crippen LogP contribution is -2.19. The summed E-state index contributed by atoms with van der Waals surface area (Å²) in [5, 5.41) is 11.5. The maximum Gasteiger partial charge on any atom is 0.335 e. The van der Waals surface area contributed by atoms with Crippen molar-refractivity contribution in [3.8, 4) is 0 Å². The first kappa shape index (κ1) is 12.6. The van der Waals surface area contributed by atoms with Gasteiger partial charge in [0, 0.05) is 10.9 Å². The molecular formula is C15H11NO3S. The highest BCUT2D eigenvalue weighted by Gasteiger charge is 2.05. The van der Waals surface area contributed by atoms with Crippen molar-refractivity contribution in [1.29, 1.82) is 0 Å². The summed E-state index contributed by atoms with van der Waals surface area (Å²) in [5.41, 5.74) is 1.12. The molecule has 0 bridgehead atoms. The third-order valence-corrected chi connectivity index (χ3v) is 4.03. The standard InChI is InChI=1S/C15H11NO3S/c17-14-12-6-8-20-13(12)5-7-16(14)9-10-1-3-11(4-2-10)15(18)19/h1-8H,9H2,(H,18,19). The molecule has 0 spiro atoms. The number of aromatic carboxylic acids is 1. The van der Waals surface area contributed by atoms with E-state index in [1.165, 1.54) is 0 Å². The van der Waals surface area contributed by atoms with Crippen LogP contribution in [-0.2, 0) is 6.54 Å². The van der Waals surface area contributed by atoms with Crippen molar-refractivity contribution >= 4 is 27.4 Å². The van der Waals surface area contributed by atoms with E-state index in [-0.39, 0.29) is 11.1 Å². The van der Waals surface area contributed by atoms with Crippen LogP contribution < -0.4 is 5.56 Å². The van der Waals surface area contributed by atoms with E-state index >= 15 is 0 Å². The number of carboxylic acids is 1. The van der Waals surface area contributed by atoms with Crippen LogP contribution in [0.15, 0.2) is 52.8 Å². The molecule has 4 nitrogen and oxygen atoms in total. The summed E-state index contributed by atoms with van der Waals surface area (Å²) in [6.07, 6.45) is 1.77. The number of fused-ring (bicyclic) bond motifs is 1. The van der Waals surface area contributed by atoms with Gasteiger partial charge in [-0.25, -0.2) is 4.79 Å². The highest BCUT2D eigenvalue weighted by atomic mass is 32.1. The van der Waals surface area contributed by atoms with E-state index in [2.05, 4.69) is 0 Å². The van der Waals surface area contributed by atoms with Crippen molar-refractivity contribution in [2.45, 2.75) is 6.54 Å². The Balaban J connectivity index is 1.94. The van der Waals surface area contributed by atoms with Gasteiger partial charge in [0.1, 0.15) is 0 Å². The molecule has 3 aromatic rings. The van der Waals surface area contributed by atoms with Crippen molar-refractivity contribution in [2.24, 2.45) is 0 Å². The zero-order valence-electron chi connectivity index (χ0n) is 10.4. The average Bonchev–Trinajstić information content (AvgIpc) is 2.92. The molecule has 0 aliphatic heterocycles. The molecule has 0 saturated carbocycles. The van der Waals surface area contributed by atoms with E-state index in [1.807, 2.05) is 17.5 Å². The minimum Gasteiger partial charge on any atom is -0.478 e. The van der Waals surface area contributed by atoms with Crippen LogP contribution in [0.3, 0.4) is 0 Å². The van der Waals surface area contributed by atoms with E-state index in [0.717, 1.165) is 15.6 Å². The summed E-state index contributed by atoms with van der Waals surface area (Å²) in [7, 11) is 0. The second-order valence-electron chi connectivity index (χ2n) is 4.45. The molecule has 2 heterocycles.